The fourth-order valence-corrected chi connectivity index (χ4v) is 10.1. The molecule has 19 heteroatoms. The molecule has 3 aromatic rings. The van der Waals surface area contributed by atoms with Crippen molar-refractivity contribution in [2.24, 2.45) is 28.8 Å². The van der Waals surface area contributed by atoms with Crippen LogP contribution >= 0.6 is 0 Å². The summed E-state index contributed by atoms with van der Waals surface area (Å²) in [5.41, 5.74) is 1.35. The lowest BCUT2D eigenvalue weighted by Gasteiger charge is -2.47. The number of aliphatic hydroxyl groups excluding tert-OH is 2. The summed E-state index contributed by atoms with van der Waals surface area (Å²) >= 11 is 0. The van der Waals surface area contributed by atoms with Gasteiger partial charge in [0.15, 0.2) is 12.1 Å². The molecular formula is C51H77FN6O12. The molecule has 2 aromatic heterocycles. The first-order chi connectivity index (χ1) is 33.1. The zero-order valence-electron chi connectivity index (χ0n) is 43.2. The van der Waals surface area contributed by atoms with Crippen LogP contribution in [-0.4, -0.2) is 160 Å². The van der Waals surface area contributed by atoms with Gasteiger partial charge in [-0.15, -0.1) is 5.10 Å². The zero-order chi connectivity index (χ0) is 51.7. The Morgan fingerprint density at radius 3 is 2.30 bits per heavy atom. The van der Waals surface area contributed by atoms with Crippen LogP contribution in [0.1, 0.15) is 104 Å². The number of esters is 1. The van der Waals surface area contributed by atoms with Crippen LogP contribution in [0.3, 0.4) is 0 Å². The largest absolute Gasteiger partial charge is 0.459 e. The summed E-state index contributed by atoms with van der Waals surface area (Å²) in [6.07, 6.45) is -2.65. The van der Waals surface area contributed by atoms with E-state index in [1.807, 2.05) is 75.3 Å². The van der Waals surface area contributed by atoms with Crippen LogP contribution in [0.25, 0.3) is 11.1 Å². The van der Waals surface area contributed by atoms with Gasteiger partial charge in [0.2, 0.25) is 6.79 Å². The highest BCUT2D eigenvalue weighted by Crippen LogP contribution is 2.39. The summed E-state index contributed by atoms with van der Waals surface area (Å²) in [4.78, 5) is 40.0. The lowest BCUT2D eigenvalue weighted by atomic mass is 9.74. The van der Waals surface area contributed by atoms with E-state index in [0.29, 0.717) is 30.8 Å². The maximum atomic E-state index is 14.9. The number of pyridine rings is 1. The second kappa shape index (κ2) is 24.9. The number of carbonyl (C=O) groups is 2. The van der Waals surface area contributed by atoms with Gasteiger partial charge in [-0.3, -0.25) is 14.6 Å². The predicted octanol–water partition coefficient (Wildman–Crippen LogP) is 5.60. The van der Waals surface area contributed by atoms with Crippen LogP contribution < -0.4 is 0 Å². The molecule has 0 aliphatic carbocycles. The third-order valence-corrected chi connectivity index (χ3v) is 14.5. The predicted molar refractivity (Wildman–Crippen MR) is 258 cm³/mol. The Balaban J connectivity index is 1.36. The Kier molecular flexibility index (Phi) is 20.1. The van der Waals surface area contributed by atoms with Crippen molar-refractivity contribution >= 4 is 17.5 Å². The quantitative estimate of drug-likeness (QED) is 0.0493. The van der Waals surface area contributed by atoms with Crippen molar-refractivity contribution in [3.63, 3.8) is 0 Å². The normalized spacial score (nSPS) is 33.2. The van der Waals surface area contributed by atoms with Gasteiger partial charge >= 0.3 is 5.97 Å². The molecule has 0 unspecified atom stereocenters. The third-order valence-electron chi connectivity index (χ3n) is 14.5. The number of oxime groups is 1. The number of hydrogen-bond acceptors (Lipinski definition) is 17. The number of aliphatic hydroxyl groups is 3. The van der Waals surface area contributed by atoms with E-state index < -0.39 is 108 Å². The minimum absolute atomic E-state index is 0.137. The minimum Gasteiger partial charge on any atom is -0.459 e. The number of Topliss-reactive ketones (excluding diaryl/α,β-unsaturated/α-hetero) is 1. The smallest absolute Gasteiger partial charge is 0.316 e. The number of carbonyl (C=O) groups excluding carboxylic acids is 2. The summed E-state index contributed by atoms with van der Waals surface area (Å²) < 4.78 is 52.4. The molecule has 4 heterocycles. The summed E-state index contributed by atoms with van der Waals surface area (Å²) in [5.74, 6) is -5.09. The van der Waals surface area contributed by atoms with Gasteiger partial charge in [0.1, 0.15) is 42.5 Å². The van der Waals surface area contributed by atoms with Crippen molar-refractivity contribution in [2.45, 2.75) is 154 Å². The number of ether oxygens (including phenoxy) is 6. The second-order valence-electron chi connectivity index (χ2n) is 19.7. The van der Waals surface area contributed by atoms with E-state index in [1.165, 1.54) is 39.9 Å². The molecule has 2 saturated heterocycles. The Bertz CT molecular complexity index is 2160. The highest BCUT2D eigenvalue weighted by molar-refractivity contribution is 6.00. The molecule has 0 amide bonds. The van der Waals surface area contributed by atoms with Gasteiger partial charge < -0.3 is 53.5 Å². The van der Waals surface area contributed by atoms with E-state index in [-0.39, 0.29) is 19.6 Å². The molecule has 0 spiro atoms. The number of halogens is 1. The third kappa shape index (κ3) is 13.0. The average molecular weight is 985 g/mol. The van der Waals surface area contributed by atoms with Crippen LogP contribution in [-0.2, 0) is 49.3 Å². The second-order valence-corrected chi connectivity index (χ2v) is 19.7. The number of rotatable bonds is 17. The summed E-state index contributed by atoms with van der Waals surface area (Å²) in [6, 6.07) is 10.4. The van der Waals surface area contributed by atoms with E-state index in [9.17, 15) is 29.3 Å². The molecule has 2 aliphatic heterocycles. The van der Waals surface area contributed by atoms with E-state index in [1.54, 1.807) is 33.9 Å². The molecule has 3 N–H and O–H groups in total. The van der Waals surface area contributed by atoms with Crippen LogP contribution in [0.5, 0.6) is 0 Å². The topological polar surface area (TPSA) is 219 Å². The number of alkyl halides is 1. The summed E-state index contributed by atoms with van der Waals surface area (Å²) in [6.45, 7) is 14.8. The van der Waals surface area contributed by atoms with Gasteiger partial charge in [-0.2, -0.15) is 0 Å². The molecule has 1 aromatic carbocycles. The van der Waals surface area contributed by atoms with Gasteiger partial charge in [0, 0.05) is 81.7 Å². The van der Waals surface area contributed by atoms with Crippen LogP contribution in [0.4, 0.5) is 4.39 Å². The number of cyclic esters (lactones) is 1. The molecule has 18 nitrogen and oxygen atoms in total. The first-order valence-electron chi connectivity index (χ1n) is 24.3. The fraction of sp³-hybridized carbons (Fsp3) is 0.686. The number of ketones is 1. The van der Waals surface area contributed by atoms with Crippen molar-refractivity contribution in [1.82, 2.24) is 24.9 Å². The van der Waals surface area contributed by atoms with Crippen LogP contribution in [0, 0.1) is 30.6 Å². The van der Waals surface area contributed by atoms with Crippen LogP contribution in [0.2, 0.25) is 0 Å². The molecular weight excluding hydrogens is 908 g/mol. The fourth-order valence-electron chi connectivity index (χ4n) is 10.1. The molecule has 2 aliphatic rings. The average Bonchev–Trinajstić information content (AvgIpc) is 3.82. The summed E-state index contributed by atoms with van der Waals surface area (Å²) in [5, 5.41) is 48.6. The lowest BCUT2D eigenvalue weighted by Crippen LogP contribution is -2.60. The molecule has 15 atom stereocenters. The Morgan fingerprint density at radius 1 is 1.01 bits per heavy atom. The van der Waals surface area contributed by atoms with Gasteiger partial charge in [0.25, 0.3) is 0 Å². The number of methoxy groups -OCH3 is 3. The standard InChI is InChI=1S/C51H77FN6O12/c1-14-41-51(9,63)46(61)32(5)42(55-67-28-64-11)29(2)24-50(8,66-13)47(33(6)43(59)34(7)48(62)69-41)70-49-44(60)39(23-31(4)68-49)57(10)22-21-38-27-58(56-54-38)40(25-52)45(65-12)36-19-17-35(18-20-36)37-16-15-30(3)53-26-37/h15-20,26-27,29,31-34,39-41,44-47,49,60-61,63H,14,21-25,28H2,1-13H3/b55-42+/t29-,31-,32+,33+,34-,39+,40-,41-,44-,45-,46-,47-,49+,50-,51-/m1/s1. The van der Waals surface area contributed by atoms with Gasteiger partial charge in [-0.05, 0) is 78.1 Å². The van der Waals surface area contributed by atoms with E-state index in [2.05, 4.69) is 20.5 Å². The Labute approximate surface area is 412 Å². The molecule has 2 fully saturated rings. The number of nitrogens with zero attached hydrogens (tertiary/aromatic N) is 6. The first kappa shape index (κ1) is 56.6. The van der Waals surface area contributed by atoms with Gasteiger partial charge in [-0.25, -0.2) is 9.07 Å². The van der Waals surface area contributed by atoms with Crippen molar-refractivity contribution in [1.29, 1.82) is 0 Å². The Hall–Kier alpha value is -4.31. The molecule has 0 saturated carbocycles. The molecule has 390 valence electrons. The first-order valence-corrected chi connectivity index (χ1v) is 24.3. The molecule has 70 heavy (non-hydrogen) atoms. The van der Waals surface area contributed by atoms with Crippen molar-refractivity contribution in [3.8, 4) is 11.1 Å². The van der Waals surface area contributed by atoms with Gasteiger partial charge in [0.05, 0.1) is 35.3 Å². The minimum atomic E-state index is -1.95. The molecule has 5 rings (SSSR count). The number of aromatic nitrogens is 4. The van der Waals surface area contributed by atoms with Crippen LogP contribution in [0.15, 0.2) is 53.9 Å². The number of benzene rings is 1. The molecule has 0 radical (unpaired) electrons. The van der Waals surface area contributed by atoms with E-state index >= 15 is 0 Å². The highest BCUT2D eigenvalue weighted by atomic mass is 19.1. The zero-order valence-corrected chi connectivity index (χ0v) is 43.2. The number of hydrogen-bond donors (Lipinski definition) is 3. The van der Waals surface area contributed by atoms with Crippen molar-refractivity contribution in [2.75, 3.05) is 48.4 Å². The van der Waals surface area contributed by atoms with Crippen molar-refractivity contribution in [3.05, 3.63) is 65.7 Å². The maximum absolute atomic E-state index is 14.9. The Morgan fingerprint density at radius 2 is 1.70 bits per heavy atom. The maximum Gasteiger partial charge on any atom is 0.316 e. The number of aryl methyl sites for hydroxylation is 1. The highest BCUT2D eigenvalue weighted by Gasteiger charge is 2.52. The number of likely N-dealkylation sites (N-methyl/N-ethyl adjacent to an activating group) is 1. The van der Waals surface area contributed by atoms with Gasteiger partial charge in [-0.1, -0.05) is 68.4 Å². The summed E-state index contributed by atoms with van der Waals surface area (Å²) in [7, 11) is 6.34. The lowest BCUT2D eigenvalue weighted by molar-refractivity contribution is -0.295. The van der Waals surface area contributed by atoms with E-state index in [4.69, 9.17) is 33.3 Å². The van der Waals surface area contributed by atoms with Crippen molar-refractivity contribution < 1.29 is 62.6 Å². The molecule has 0 bridgehead atoms. The van der Waals surface area contributed by atoms with E-state index in [0.717, 1.165) is 22.4 Å². The SMILES string of the molecule is CC[C@H]1OC(=O)[C@H](C)C(=O)[C@H](C)[C@@H](O[C@@H]2O[C@H](C)C[C@H](N(C)CCc3cn([C@H](CF)[C@H](OC)c4ccc(-c5ccc(C)nc5)cc4)nn3)[C@H]2O)[C@](C)(OC)C[C@@H](C)/C(=N\OCOC)[C@H](C)[C@@H](O)[C@]1(C)O. The monoisotopic (exact) mass is 985 g/mol.